The highest BCUT2D eigenvalue weighted by atomic mass is 16.2. The van der Waals surface area contributed by atoms with Gasteiger partial charge in [0.1, 0.15) is 5.54 Å². The molecule has 2 aromatic rings. The van der Waals surface area contributed by atoms with Crippen LogP contribution in [0.5, 0.6) is 0 Å². The molecule has 1 amide bonds. The van der Waals surface area contributed by atoms with Gasteiger partial charge in [0.25, 0.3) is 0 Å². The molecule has 0 radical (unpaired) electrons. The Hall–Kier alpha value is -2.17. The first-order valence-electron chi connectivity index (χ1n) is 9.53. The molecule has 1 saturated heterocycles. The molecule has 3 N–H and O–H groups in total. The zero-order valence-electron chi connectivity index (χ0n) is 15.6. The van der Waals surface area contributed by atoms with Crippen LogP contribution in [-0.2, 0) is 16.9 Å². The van der Waals surface area contributed by atoms with Gasteiger partial charge < -0.3 is 11.1 Å². The fourth-order valence-corrected chi connectivity index (χ4v) is 3.42. The number of carbonyl (C=O) groups excluding carboxylic acids is 1. The number of likely N-dealkylation sites (tertiary alicyclic amines) is 1. The SMILES string of the molecule is CC(N)(C(=O)Nc1ccc(CN2CCCCCC2)cc1)c1ccccc1. The van der Waals surface area contributed by atoms with E-state index in [0.717, 1.165) is 17.8 Å². The number of anilines is 1. The summed E-state index contributed by atoms with van der Waals surface area (Å²) in [4.78, 5) is 15.2. The summed E-state index contributed by atoms with van der Waals surface area (Å²) in [7, 11) is 0. The molecule has 0 aromatic heterocycles. The number of rotatable bonds is 5. The quantitative estimate of drug-likeness (QED) is 0.859. The first-order valence-corrected chi connectivity index (χ1v) is 9.53. The third-order valence-electron chi connectivity index (χ3n) is 5.16. The van der Waals surface area contributed by atoms with Gasteiger partial charge in [0, 0.05) is 12.2 Å². The van der Waals surface area contributed by atoms with Crippen LogP contribution in [0.3, 0.4) is 0 Å². The van der Waals surface area contributed by atoms with Crippen LogP contribution < -0.4 is 11.1 Å². The lowest BCUT2D eigenvalue weighted by Gasteiger charge is -2.24. The second-order valence-electron chi connectivity index (χ2n) is 7.41. The average Bonchev–Trinajstić information content (AvgIpc) is 2.92. The smallest absolute Gasteiger partial charge is 0.248 e. The summed E-state index contributed by atoms with van der Waals surface area (Å²) < 4.78 is 0. The Morgan fingerprint density at radius 3 is 2.23 bits per heavy atom. The Morgan fingerprint density at radius 1 is 1.00 bits per heavy atom. The number of benzene rings is 2. The van der Waals surface area contributed by atoms with E-state index in [2.05, 4.69) is 22.3 Å². The number of hydrogen-bond donors (Lipinski definition) is 2. The van der Waals surface area contributed by atoms with Crippen LogP contribution in [0, 0.1) is 0 Å². The summed E-state index contributed by atoms with van der Waals surface area (Å²) in [6, 6.07) is 17.6. The van der Waals surface area contributed by atoms with Gasteiger partial charge in [-0.15, -0.1) is 0 Å². The highest BCUT2D eigenvalue weighted by Gasteiger charge is 2.30. The monoisotopic (exact) mass is 351 g/mol. The highest BCUT2D eigenvalue weighted by molar-refractivity contribution is 5.98. The Balaban J connectivity index is 1.61. The van der Waals surface area contributed by atoms with Crippen molar-refractivity contribution in [3.05, 3.63) is 65.7 Å². The van der Waals surface area contributed by atoms with Gasteiger partial charge in [0.15, 0.2) is 0 Å². The molecule has 1 atom stereocenters. The molecule has 2 aromatic carbocycles. The normalized spacial score (nSPS) is 17.9. The van der Waals surface area contributed by atoms with Crippen molar-refractivity contribution < 1.29 is 4.79 Å². The topological polar surface area (TPSA) is 58.4 Å². The van der Waals surface area contributed by atoms with Gasteiger partial charge >= 0.3 is 0 Å². The molecule has 0 aliphatic carbocycles. The molecular formula is C22H29N3O. The van der Waals surface area contributed by atoms with Crippen LogP contribution in [-0.4, -0.2) is 23.9 Å². The Morgan fingerprint density at radius 2 is 1.62 bits per heavy atom. The van der Waals surface area contributed by atoms with E-state index in [4.69, 9.17) is 5.73 Å². The molecule has 4 nitrogen and oxygen atoms in total. The molecule has 1 aliphatic heterocycles. The molecule has 3 rings (SSSR count). The van der Waals surface area contributed by atoms with Crippen molar-refractivity contribution in [1.82, 2.24) is 4.90 Å². The molecule has 1 aliphatic rings. The molecular weight excluding hydrogens is 322 g/mol. The van der Waals surface area contributed by atoms with Gasteiger partial charge in [-0.1, -0.05) is 55.3 Å². The van der Waals surface area contributed by atoms with Crippen LogP contribution >= 0.6 is 0 Å². The number of nitrogens with zero attached hydrogens (tertiary/aromatic N) is 1. The Labute approximate surface area is 156 Å². The third kappa shape index (κ3) is 4.71. The predicted molar refractivity (Wildman–Crippen MR) is 107 cm³/mol. The van der Waals surface area contributed by atoms with Gasteiger partial charge in [-0.2, -0.15) is 0 Å². The van der Waals surface area contributed by atoms with Gasteiger partial charge in [-0.3, -0.25) is 9.69 Å². The lowest BCUT2D eigenvalue weighted by Crippen LogP contribution is -2.45. The second-order valence-corrected chi connectivity index (χ2v) is 7.41. The summed E-state index contributed by atoms with van der Waals surface area (Å²) >= 11 is 0. The third-order valence-corrected chi connectivity index (χ3v) is 5.16. The standard InChI is InChI=1S/C22H29N3O/c1-22(23,19-9-5-4-6-10-19)21(26)24-20-13-11-18(12-14-20)17-25-15-7-2-3-8-16-25/h4-6,9-14H,2-3,7-8,15-17,23H2,1H3,(H,24,26). The molecule has 138 valence electrons. The van der Waals surface area contributed by atoms with Crippen molar-refractivity contribution in [2.24, 2.45) is 5.73 Å². The number of hydrogen-bond acceptors (Lipinski definition) is 3. The van der Waals surface area contributed by atoms with Crippen molar-refractivity contribution >= 4 is 11.6 Å². The van der Waals surface area contributed by atoms with Crippen LogP contribution in [0.2, 0.25) is 0 Å². The van der Waals surface area contributed by atoms with Crippen LogP contribution in [0.15, 0.2) is 54.6 Å². The lowest BCUT2D eigenvalue weighted by molar-refractivity contribution is -0.120. The summed E-state index contributed by atoms with van der Waals surface area (Å²) in [5, 5.41) is 2.94. The van der Waals surface area contributed by atoms with Crippen LogP contribution in [0.25, 0.3) is 0 Å². The van der Waals surface area contributed by atoms with Gasteiger partial charge in [0.05, 0.1) is 0 Å². The number of amides is 1. The number of nitrogens with one attached hydrogen (secondary N) is 1. The maximum absolute atomic E-state index is 12.6. The lowest BCUT2D eigenvalue weighted by atomic mass is 9.92. The van der Waals surface area contributed by atoms with E-state index in [-0.39, 0.29) is 5.91 Å². The summed E-state index contributed by atoms with van der Waals surface area (Å²) in [6.45, 7) is 5.08. The minimum absolute atomic E-state index is 0.205. The number of nitrogens with two attached hydrogens (primary N) is 1. The Bertz CT molecular complexity index is 702. The molecule has 0 saturated carbocycles. The van der Waals surface area contributed by atoms with Gasteiger partial charge in [-0.25, -0.2) is 0 Å². The molecule has 0 spiro atoms. The predicted octanol–water partition coefficient (Wildman–Crippen LogP) is 3.88. The second kappa shape index (κ2) is 8.47. The van der Waals surface area contributed by atoms with E-state index in [1.807, 2.05) is 42.5 Å². The van der Waals surface area contributed by atoms with E-state index in [0.29, 0.717) is 0 Å². The van der Waals surface area contributed by atoms with Crippen molar-refractivity contribution in [1.29, 1.82) is 0 Å². The van der Waals surface area contributed by atoms with E-state index in [9.17, 15) is 4.79 Å². The zero-order chi connectivity index (χ0) is 18.4. The number of carbonyl (C=O) groups is 1. The maximum Gasteiger partial charge on any atom is 0.248 e. The molecule has 0 bridgehead atoms. The molecule has 26 heavy (non-hydrogen) atoms. The summed E-state index contributed by atoms with van der Waals surface area (Å²) in [5.41, 5.74) is 8.08. The maximum atomic E-state index is 12.6. The van der Waals surface area contributed by atoms with Crippen LogP contribution in [0.1, 0.15) is 43.7 Å². The Kier molecular flexibility index (Phi) is 6.07. The van der Waals surface area contributed by atoms with E-state index < -0.39 is 5.54 Å². The minimum Gasteiger partial charge on any atom is -0.324 e. The van der Waals surface area contributed by atoms with Crippen molar-refractivity contribution in [3.63, 3.8) is 0 Å². The molecule has 1 fully saturated rings. The van der Waals surface area contributed by atoms with E-state index >= 15 is 0 Å². The van der Waals surface area contributed by atoms with Gasteiger partial charge in [0.2, 0.25) is 5.91 Å². The first-order chi connectivity index (χ1) is 12.6. The average molecular weight is 351 g/mol. The summed E-state index contributed by atoms with van der Waals surface area (Å²) in [6.07, 6.45) is 5.28. The van der Waals surface area contributed by atoms with Crippen molar-refractivity contribution in [3.8, 4) is 0 Å². The molecule has 1 unspecified atom stereocenters. The first kappa shape index (κ1) is 18.6. The van der Waals surface area contributed by atoms with E-state index in [1.165, 1.54) is 44.3 Å². The highest BCUT2D eigenvalue weighted by Crippen LogP contribution is 2.21. The zero-order valence-corrected chi connectivity index (χ0v) is 15.6. The van der Waals surface area contributed by atoms with Gasteiger partial charge in [-0.05, 0) is 56.1 Å². The molecule has 4 heteroatoms. The van der Waals surface area contributed by atoms with Crippen molar-refractivity contribution in [2.75, 3.05) is 18.4 Å². The van der Waals surface area contributed by atoms with Crippen LogP contribution in [0.4, 0.5) is 5.69 Å². The van der Waals surface area contributed by atoms with Crippen molar-refractivity contribution in [2.45, 2.75) is 44.7 Å². The fourth-order valence-electron chi connectivity index (χ4n) is 3.42. The molecule has 1 heterocycles. The fraction of sp³-hybridized carbons (Fsp3) is 0.409. The summed E-state index contributed by atoms with van der Waals surface area (Å²) in [5.74, 6) is -0.205. The van der Waals surface area contributed by atoms with E-state index in [1.54, 1.807) is 6.92 Å². The largest absolute Gasteiger partial charge is 0.324 e. The minimum atomic E-state index is -1.06.